The molecule has 2 rings (SSSR count). The van der Waals surface area contributed by atoms with Gasteiger partial charge in [-0.3, -0.25) is 4.79 Å². The minimum Gasteiger partial charge on any atom is -0.497 e. The second-order valence-corrected chi connectivity index (χ2v) is 4.53. The van der Waals surface area contributed by atoms with Gasteiger partial charge in [0.05, 0.1) is 20.8 Å². The lowest BCUT2D eigenvalue weighted by Gasteiger charge is -2.11. The van der Waals surface area contributed by atoms with Crippen LogP contribution in [-0.4, -0.2) is 36.7 Å². The summed E-state index contributed by atoms with van der Waals surface area (Å²) < 4.78 is 15.7. The summed E-state index contributed by atoms with van der Waals surface area (Å²) in [6, 6.07) is 6.91. The van der Waals surface area contributed by atoms with Gasteiger partial charge in [0.2, 0.25) is 5.88 Å². The second-order valence-electron chi connectivity index (χ2n) is 4.53. The van der Waals surface area contributed by atoms with Crippen LogP contribution < -0.4 is 19.5 Å². The predicted octanol–water partition coefficient (Wildman–Crippen LogP) is 1.82. The number of carbonyl (C=O) groups is 1. The van der Waals surface area contributed by atoms with Crippen LogP contribution in [0.2, 0.25) is 0 Å². The molecule has 0 aliphatic heterocycles. The quantitative estimate of drug-likeness (QED) is 0.839. The van der Waals surface area contributed by atoms with E-state index in [-0.39, 0.29) is 11.6 Å². The third-order valence-corrected chi connectivity index (χ3v) is 3.10. The Labute approximate surface area is 134 Å². The summed E-state index contributed by atoms with van der Waals surface area (Å²) in [6.45, 7) is 2.62. The van der Waals surface area contributed by atoms with Crippen LogP contribution in [0.3, 0.4) is 0 Å². The predicted molar refractivity (Wildman–Crippen MR) is 83.9 cm³/mol. The summed E-state index contributed by atoms with van der Waals surface area (Å²) >= 11 is 0. The van der Waals surface area contributed by atoms with E-state index in [2.05, 4.69) is 15.3 Å². The zero-order valence-corrected chi connectivity index (χ0v) is 13.3. The number of hydrogen-bond donors (Lipinski definition) is 1. The molecule has 2 aromatic rings. The zero-order valence-electron chi connectivity index (χ0n) is 13.3. The molecule has 0 spiro atoms. The summed E-state index contributed by atoms with van der Waals surface area (Å²) in [4.78, 5) is 20.1. The lowest BCUT2D eigenvalue weighted by Crippen LogP contribution is -2.24. The summed E-state index contributed by atoms with van der Waals surface area (Å²) in [5.41, 5.74) is 1.08. The number of hydrogen-bond acceptors (Lipinski definition) is 6. The third kappa shape index (κ3) is 4.32. The minimum atomic E-state index is -0.314. The molecule has 0 fully saturated rings. The minimum absolute atomic E-state index is 0.246. The molecule has 122 valence electrons. The Morgan fingerprint density at radius 3 is 2.70 bits per heavy atom. The summed E-state index contributed by atoms with van der Waals surface area (Å²) in [5.74, 6) is 1.39. The van der Waals surface area contributed by atoms with Crippen LogP contribution in [-0.2, 0) is 6.54 Å². The van der Waals surface area contributed by atoms with E-state index >= 15 is 0 Å². The molecule has 23 heavy (non-hydrogen) atoms. The van der Waals surface area contributed by atoms with Crippen LogP contribution in [0, 0.1) is 0 Å². The monoisotopic (exact) mass is 317 g/mol. The zero-order chi connectivity index (χ0) is 16.7. The first-order chi connectivity index (χ1) is 11.2. The van der Waals surface area contributed by atoms with E-state index in [1.165, 1.54) is 12.4 Å². The van der Waals surface area contributed by atoms with Crippen LogP contribution in [0.4, 0.5) is 0 Å². The molecule has 0 radical (unpaired) electrons. The van der Waals surface area contributed by atoms with Gasteiger partial charge in [-0.05, 0) is 19.1 Å². The van der Waals surface area contributed by atoms with Crippen molar-refractivity contribution in [1.82, 2.24) is 15.3 Å². The third-order valence-electron chi connectivity index (χ3n) is 3.10. The van der Waals surface area contributed by atoms with Crippen molar-refractivity contribution in [2.45, 2.75) is 13.5 Å². The van der Waals surface area contributed by atoms with Crippen molar-refractivity contribution in [1.29, 1.82) is 0 Å². The van der Waals surface area contributed by atoms with Gasteiger partial charge < -0.3 is 19.5 Å². The van der Waals surface area contributed by atoms with Crippen LogP contribution in [0.25, 0.3) is 0 Å². The first-order valence-electron chi connectivity index (χ1n) is 7.11. The van der Waals surface area contributed by atoms with Gasteiger partial charge in [-0.25, -0.2) is 9.97 Å². The van der Waals surface area contributed by atoms with Crippen molar-refractivity contribution in [2.75, 3.05) is 20.8 Å². The van der Waals surface area contributed by atoms with Crippen LogP contribution in [0.1, 0.15) is 23.0 Å². The van der Waals surface area contributed by atoms with Gasteiger partial charge in [0.1, 0.15) is 23.5 Å². The number of benzene rings is 1. The summed E-state index contributed by atoms with van der Waals surface area (Å²) in [5, 5.41) is 2.79. The fraction of sp³-hybridized carbons (Fsp3) is 0.312. The van der Waals surface area contributed by atoms with E-state index in [9.17, 15) is 4.79 Å². The lowest BCUT2D eigenvalue weighted by molar-refractivity contribution is 0.0945. The van der Waals surface area contributed by atoms with Gasteiger partial charge in [0, 0.05) is 24.2 Å². The summed E-state index contributed by atoms with van der Waals surface area (Å²) in [6.07, 6.45) is 1.30. The number of nitrogens with one attached hydrogen (secondary N) is 1. The average Bonchev–Trinajstić information content (AvgIpc) is 2.60. The number of aromatic nitrogens is 2. The molecule has 1 heterocycles. The molecule has 0 saturated carbocycles. The Hall–Kier alpha value is -2.83. The first-order valence-corrected chi connectivity index (χ1v) is 7.11. The molecule has 0 saturated heterocycles. The molecule has 0 aliphatic carbocycles. The van der Waals surface area contributed by atoms with E-state index in [1.807, 2.05) is 19.1 Å². The van der Waals surface area contributed by atoms with Gasteiger partial charge in [0.25, 0.3) is 5.91 Å². The van der Waals surface area contributed by atoms with Crippen molar-refractivity contribution in [3.63, 3.8) is 0 Å². The molecule has 1 N–H and O–H groups in total. The van der Waals surface area contributed by atoms with Gasteiger partial charge >= 0.3 is 0 Å². The van der Waals surface area contributed by atoms with Crippen LogP contribution >= 0.6 is 0 Å². The number of nitrogens with zero attached hydrogens (tertiary/aromatic N) is 2. The van der Waals surface area contributed by atoms with E-state index in [1.54, 1.807) is 20.3 Å². The SMILES string of the molecule is CCOc1cc(C(=O)NCc2ccc(OC)cc2OC)ncn1. The van der Waals surface area contributed by atoms with Crippen molar-refractivity contribution < 1.29 is 19.0 Å². The summed E-state index contributed by atoms with van der Waals surface area (Å²) in [7, 11) is 3.15. The van der Waals surface area contributed by atoms with E-state index in [0.717, 1.165) is 5.56 Å². The molecular formula is C16H19N3O4. The molecule has 0 atom stereocenters. The maximum atomic E-state index is 12.2. The Morgan fingerprint density at radius 2 is 2.00 bits per heavy atom. The normalized spacial score (nSPS) is 10.0. The molecular weight excluding hydrogens is 298 g/mol. The van der Waals surface area contributed by atoms with Crippen molar-refractivity contribution in [3.05, 3.63) is 41.9 Å². The number of carbonyl (C=O) groups excluding carboxylic acids is 1. The van der Waals surface area contributed by atoms with Crippen molar-refractivity contribution in [3.8, 4) is 17.4 Å². The second kappa shape index (κ2) is 7.98. The van der Waals surface area contributed by atoms with Crippen LogP contribution in [0.15, 0.2) is 30.6 Å². The average molecular weight is 317 g/mol. The Bertz CT molecular complexity index is 676. The van der Waals surface area contributed by atoms with E-state index < -0.39 is 0 Å². The van der Waals surface area contributed by atoms with E-state index in [0.29, 0.717) is 30.5 Å². The number of amides is 1. The Morgan fingerprint density at radius 1 is 1.17 bits per heavy atom. The number of methoxy groups -OCH3 is 2. The van der Waals surface area contributed by atoms with Crippen LogP contribution in [0.5, 0.6) is 17.4 Å². The fourth-order valence-electron chi connectivity index (χ4n) is 1.95. The maximum absolute atomic E-state index is 12.2. The number of ether oxygens (including phenoxy) is 3. The molecule has 7 heteroatoms. The Balaban J connectivity index is 2.05. The standard InChI is InChI=1S/C16H19N3O4/c1-4-23-15-8-13(18-10-19-15)16(20)17-9-11-5-6-12(21-2)7-14(11)22-3/h5-8,10H,4,9H2,1-3H3,(H,17,20). The topological polar surface area (TPSA) is 82.6 Å². The molecule has 0 unspecified atom stereocenters. The first kappa shape index (κ1) is 16.5. The number of rotatable bonds is 7. The van der Waals surface area contributed by atoms with E-state index in [4.69, 9.17) is 14.2 Å². The van der Waals surface area contributed by atoms with Gasteiger partial charge in [-0.1, -0.05) is 0 Å². The van der Waals surface area contributed by atoms with Crippen molar-refractivity contribution >= 4 is 5.91 Å². The molecule has 1 aromatic heterocycles. The largest absolute Gasteiger partial charge is 0.497 e. The van der Waals surface area contributed by atoms with Gasteiger partial charge in [-0.2, -0.15) is 0 Å². The molecule has 0 bridgehead atoms. The maximum Gasteiger partial charge on any atom is 0.270 e. The van der Waals surface area contributed by atoms with Gasteiger partial charge in [-0.15, -0.1) is 0 Å². The smallest absolute Gasteiger partial charge is 0.270 e. The highest BCUT2D eigenvalue weighted by Crippen LogP contribution is 2.24. The highest BCUT2D eigenvalue weighted by molar-refractivity contribution is 5.92. The van der Waals surface area contributed by atoms with Gasteiger partial charge in [0.15, 0.2) is 0 Å². The molecule has 1 aromatic carbocycles. The lowest BCUT2D eigenvalue weighted by atomic mass is 10.2. The Kier molecular flexibility index (Phi) is 5.74. The van der Waals surface area contributed by atoms with Crippen molar-refractivity contribution in [2.24, 2.45) is 0 Å². The fourth-order valence-corrected chi connectivity index (χ4v) is 1.95. The molecule has 1 amide bonds. The highest BCUT2D eigenvalue weighted by atomic mass is 16.5. The highest BCUT2D eigenvalue weighted by Gasteiger charge is 2.11. The molecule has 0 aliphatic rings. The molecule has 7 nitrogen and oxygen atoms in total.